The van der Waals surface area contributed by atoms with Crippen molar-refractivity contribution in [2.24, 2.45) is 0 Å². The highest BCUT2D eigenvalue weighted by atomic mass is 16.6. The largest absolute Gasteiger partial charge is 0.507 e. The molecule has 1 N–H and O–H groups in total. The number of esters is 1. The van der Waals surface area contributed by atoms with Crippen LogP contribution in [0.2, 0.25) is 0 Å². The molecule has 1 fully saturated rings. The van der Waals surface area contributed by atoms with Gasteiger partial charge in [-0.3, -0.25) is 0 Å². The molecule has 0 heterocycles. The molecule has 1 aliphatic rings. The molecule has 102 valence electrons. The Bertz CT molecular complexity index is 485. The maximum atomic E-state index is 12.2. The van der Waals surface area contributed by atoms with Gasteiger partial charge in [0.25, 0.3) is 0 Å². The summed E-state index contributed by atoms with van der Waals surface area (Å²) in [5.74, 6) is -0.295. The van der Waals surface area contributed by atoms with E-state index in [-0.39, 0.29) is 17.3 Å². The molecule has 1 aromatic rings. The standard InChI is InChI=1S/C16H20O3/c1-3-12-7-8-13(11-14(12)17)15(18)19-16(4-2)9-5-6-10-16/h3,7-8,11,17H,1,4-6,9-10H2,2H3. The average Bonchev–Trinajstić information content (AvgIpc) is 2.87. The Hall–Kier alpha value is -1.77. The SMILES string of the molecule is C=Cc1ccc(C(=O)OC2(CC)CCCC2)cc1O. The van der Waals surface area contributed by atoms with Gasteiger partial charge in [-0.1, -0.05) is 25.6 Å². The van der Waals surface area contributed by atoms with Gasteiger partial charge in [0.2, 0.25) is 0 Å². The monoisotopic (exact) mass is 260 g/mol. The number of phenols is 1. The number of benzene rings is 1. The van der Waals surface area contributed by atoms with E-state index in [0.717, 1.165) is 32.1 Å². The zero-order chi connectivity index (χ0) is 13.9. The zero-order valence-electron chi connectivity index (χ0n) is 11.3. The molecule has 2 rings (SSSR count). The highest BCUT2D eigenvalue weighted by Crippen LogP contribution is 2.36. The lowest BCUT2D eigenvalue weighted by atomic mass is 9.98. The first-order valence-corrected chi connectivity index (χ1v) is 6.79. The Morgan fingerprint density at radius 2 is 2.16 bits per heavy atom. The second kappa shape index (κ2) is 5.47. The predicted molar refractivity (Wildman–Crippen MR) is 75.1 cm³/mol. The van der Waals surface area contributed by atoms with Gasteiger partial charge in [0, 0.05) is 5.56 Å². The van der Waals surface area contributed by atoms with Gasteiger partial charge in [-0.05, 0) is 44.2 Å². The van der Waals surface area contributed by atoms with Crippen LogP contribution in [-0.2, 0) is 4.74 Å². The Morgan fingerprint density at radius 3 is 2.68 bits per heavy atom. The lowest BCUT2D eigenvalue weighted by Crippen LogP contribution is -2.31. The number of carbonyl (C=O) groups is 1. The molecular formula is C16H20O3. The predicted octanol–water partition coefficient (Wildman–Crippen LogP) is 3.91. The van der Waals surface area contributed by atoms with Crippen LogP contribution in [0.25, 0.3) is 6.08 Å². The maximum Gasteiger partial charge on any atom is 0.338 e. The fourth-order valence-electron chi connectivity index (χ4n) is 2.65. The number of hydrogen-bond donors (Lipinski definition) is 1. The summed E-state index contributed by atoms with van der Waals surface area (Å²) in [7, 11) is 0. The van der Waals surface area contributed by atoms with Crippen LogP contribution >= 0.6 is 0 Å². The minimum atomic E-state index is -0.352. The third kappa shape index (κ3) is 2.80. The summed E-state index contributed by atoms with van der Waals surface area (Å²) in [6, 6.07) is 4.78. The van der Waals surface area contributed by atoms with Crippen molar-refractivity contribution < 1.29 is 14.6 Å². The van der Waals surface area contributed by atoms with E-state index in [1.54, 1.807) is 18.2 Å². The van der Waals surface area contributed by atoms with Gasteiger partial charge in [0.05, 0.1) is 5.56 Å². The lowest BCUT2D eigenvalue weighted by molar-refractivity contribution is -0.0172. The topological polar surface area (TPSA) is 46.5 Å². The summed E-state index contributed by atoms with van der Waals surface area (Å²) in [6.07, 6.45) is 6.49. The maximum absolute atomic E-state index is 12.2. The number of phenolic OH excluding ortho intramolecular Hbond substituents is 1. The van der Waals surface area contributed by atoms with E-state index < -0.39 is 0 Å². The van der Waals surface area contributed by atoms with Crippen LogP contribution in [0.5, 0.6) is 5.75 Å². The summed E-state index contributed by atoms with van der Waals surface area (Å²) in [5, 5.41) is 9.74. The summed E-state index contributed by atoms with van der Waals surface area (Å²) in [4.78, 5) is 12.2. The normalized spacial score (nSPS) is 17.1. The molecular weight excluding hydrogens is 240 g/mol. The molecule has 3 nitrogen and oxygen atoms in total. The van der Waals surface area contributed by atoms with Crippen molar-refractivity contribution >= 4 is 12.0 Å². The molecule has 1 aliphatic carbocycles. The van der Waals surface area contributed by atoms with E-state index >= 15 is 0 Å². The molecule has 0 radical (unpaired) electrons. The van der Waals surface area contributed by atoms with E-state index in [4.69, 9.17) is 4.74 Å². The minimum absolute atomic E-state index is 0.0569. The van der Waals surface area contributed by atoms with Gasteiger partial charge in [0.1, 0.15) is 11.4 Å². The summed E-state index contributed by atoms with van der Waals surface area (Å²) in [5.41, 5.74) is 0.703. The third-order valence-electron chi connectivity index (χ3n) is 3.95. The van der Waals surface area contributed by atoms with E-state index in [1.807, 2.05) is 0 Å². The molecule has 3 heteroatoms. The lowest BCUT2D eigenvalue weighted by Gasteiger charge is -2.27. The first-order chi connectivity index (χ1) is 9.10. The van der Waals surface area contributed by atoms with Crippen LogP contribution in [0.3, 0.4) is 0 Å². The molecule has 0 unspecified atom stereocenters. The Balaban J connectivity index is 2.15. The fraction of sp³-hybridized carbons (Fsp3) is 0.438. The summed E-state index contributed by atoms with van der Waals surface area (Å²) in [6.45, 7) is 5.65. The van der Waals surface area contributed by atoms with Gasteiger partial charge in [0.15, 0.2) is 0 Å². The van der Waals surface area contributed by atoms with Crippen molar-refractivity contribution in [3.05, 3.63) is 35.9 Å². The van der Waals surface area contributed by atoms with Crippen LogP contribution in [0.15, 0.2) is 24.8 Å². The van der Waals surface area contributed by atoms with Crippen LogP contribution < -0.4 is 0 Å². The van der Waals surface area contributed by atoms with E-state index in [2.05, 4.69) is 13.5 Å². The second-order valence-corrected chi connectivity index (χ2v) is 5.11. The number of carbonyl (C=O) groups excluding carboxylic acids is 1. The van der Waals surface area contributed by atoms with E-state index in [0.29, 0.717) is 11.1 Å². The van der Waals surface area contributed by atoms with Crippen molar-refractivity contribution in [2.75, 3.05) is 0 Å². The molecule has 1 aromatic carbocycles. The molecule has 0 aromatic heterocycles. The first-order valence-electron chi connectivity index (χ1n) is 6.79. The molecule has 0 spiro atoms. The molecule has 0 bridgehead atoms. The van der Waals surface area contributed by atoms with Gasteiger partial charge >= 0.3 is 5.97 Å². The number of aromatic hydroxyl groups is 1. The number of rotatable bonds is 4. The Labute approximate surface area is 113 Å². The molecule has 19 heavy (non-hydrogen) atoms. The van der Waals surface area contributed by atoms with Gasteiger partial charge in [-0.25, -0.2) is 4.79 Å². The van der Waals surface area contributed by atoms with Crippen LogP contribution in [0, 0.1) is 0 Å². The van der Waals surface area contributed by atoms with Crippen molar-refractivity contribution in [3.63, 3.8) is 0 Å². The molecule has 1 saturated carbocycles. The zero-order valence-corrected chi connectivity index (χ0v) is 11.3. The quantitative estimate of drug-likeness (QED) is 0.835. The van der Waals surface area contributed by atoms with Crippen LogP contribution in [0.1, 0.15) is 54.9 Å². The highest BCUT2D eigenvalue weighted by molar-refractivity contribution is 5.90. The smallest absolute Gasteiger partial charge is 0.338 e. The Morgan fingerprint density at radius 1 is 1.47 bits per heavy atom. The fourth-order valence-corrected chi connectivity index (χ4v) is 2.65. The van der Waals surface area contributed by atoms with Crippen molar-refractivity contribution in [1.29, 1.82) is 0 Å². The van der Waals surface area contributed by atoms with Crippen molar-refractivity contribution in [1.82, 2.24) is 0 Å². The minimum Gasteiger partial charge on any atom is -0.507 e. The molecule has 0 aliphatic heterocycles. The van der Waals surface area contributed by atoms with E-state index in [1.165, 1.54) is 6.07 Å². The van der Waals surface area contributed by atoms with Crippen molar-refractivity contribution in [2.45, 2.75) is 44.6 Å². The van der Waals surface area contributed by atoms with E-state index in [9.17, 15) is 9.90 Å². The average molecular weight is 260 g/mol. The Kier molecular flexibility index (Phi) is 3.93. The van der Waals surface area contributed by atoms with Gasteiger partial charge in [-0.2, -0.15) is 0 Å². The van der Waals surface area contributed by atoms with Crippen molar-refractivity contribution in [3.8, 4) is 5.75 Å². The third-order valence-corrected chi connectivity index (χ3v) is 3.95. The number of ether oxygens (including phenoxy) is 1. The summed E-state index contributed by atoms with van der Waals surface area (Å²) < 4.78 is 5.69. The second-order valence-electron chi connectivity index (χ2n) is 5.11. The molecule has 0 atom stereocenters. The summed E-state index contributed by atoms with van der Waals surface area (Å²) >= 11 is 0. The van der Waals surface area contributed by atoms with Gasteiger partial charge < -0.3 is 9.84 Å². The van der Waals surface area contributed by atoms with Gasteiger partial charge in [-0.15, -0.1) is 0 Å². The van der Waals surface area contributed by atoms with Crippen LogP contribution in [0.4, 0.5) is 0 Å². The first kappa shape index (κ1) is 13.7. The highest BCUT2D eigenvalue weighted by Gasteiger charge is 2.36. The molecule has 0 saturated heterocycles. The van der Waals surface area contributed by atoms with Crippen LogP contribution in [-0.4, -0.2) is 16.7 Å². The number of hydrogen-bond acceptors (Lipinski definition) is 3. The molecule has 0 amide bonds.